The van der Waals surface area contributed by atoms with Crippen LogP contribution in [0.4, 0.5) is 0 Å². The van der Waals surface area contributed by atoms with Crippen molar-refractivity contribution < 1.29 is 4.79 Å². The Bertz CT molecular complexity index is 499. The lowest BCUT2D eigenvalue weighted by molar-refractivity contribution is 0.0631. The van der Waals surface area contributed by atoms with Crippen LogP contribution in [0.25, 0.3) is 0 Å². The molecule has 116 valence electrons. The summed E-state index contributed by atoms with van der Waals surface area (Å²) in [6, 6.07) is 5.50. The van der Waals surface area contributed by atoms with Crippen LogP contribution < -0.4 is 0 Å². The number of carbonyl (C=O) groups excluding carboxylic acids is 1. The third-order valence-electron chi connectivity index (χ3n) is 3.84. The molecule has 0 unspecified atom stereocenters. The second kappa shape index (κ2) is 7.79. The van der Waals surface area contributed by atoms with E-state index in [9.17, 15) is 4.79 Å². The summed E-state index contributed by atoms with van der Waals surface area (Å²) < 4.78 is 0.962. The highest BCUT2D eigenvalue weighted by molar-refractivity contribution is 14.1. The maximum Gasteiger partial charge on any atom is 0.255 e. The molecule has 1 saturated heterocycles. The molecule has 1 heterocycles. The molecule has 1 amide bonds. The van der Waals surface area contributed by atoms with E-state index >= 15 is 0 Å². The van der Waals surface area contributed by atoms with Crippen LogP contribution in [0.1, 0.15) is 30.6 Å². The number of amides is 1. The number of rotatable bonds is 4. The molecule has 2 rings (SSSR count). The molecule has 0 N–H and O–H groups in total. The number of benzene rings is 1. The number of hydrogen-bond donors (Lipinski definition) is 0. The second-order valence-electron chi connectivity index (χ2n) is 5.94. The Labute approximate surface area is 145 Å². The first kappa shape index (κ1) is 17.0. The molecule has 0 saturated carbocycles. The molecular weight excluding hydrogens is 399 g/mol. The summed E-state index contributed by atoms with van der Waals surface area (Å²) in [5, 5.41) is 0.620. The van der Waals surface area contributed by atoms with Gasteiger partial charge < -0.3 is 4.90 Å². The van der Waals surface area contributed by atoms with Crippen molar-refractivity contribution in [1.82, 2.24) is 9.80 Å². The van der Waals surface area contributed by atoms with E-state index in [1.54, 1.807) is 6.07 Å². The van der Waals surface area contributed by atoms with Crippen LogP contribution in [0.2, 0.25) is 5.02 Å². The maximum atomic E-state index is 12.6. The van der Waals surface area contributed by atoms with Crippen LogP contribution >= 0.6 is 34.2 Å². The average molecular weight is 421 g/mol. The molecule has 1 aliphatic heterocycles. The summed E-state index contributed by atoms with van der Waals surface area (Å²) in [4.78, 5) is 17.0. The van der Waals surface area contributed by atoms with Crippen LogP contribution in [0, 0.1) is 9.49 Å². The molecule has 0 aromatic heterocycles. The van der Waals surface area contributed by atoms with E-state index in [1.165, 1.54) is 6.42 Å². The fourth-order valence-electron chi connectivity index (χ4n) is 2.45. The summed E-state index contributed by atoms with van der Waals surface area (Å²) in [6.45, 7) is 9.18. The number of piperazine rings is 1. The number of halogens is 2. The van der Waals surface area contributed by atoms with Gasteiger partial charge in [0.25, 0.3) is 5.91 Å². The molecule has 5 heteroatoms. The third-order valence-corrected chi connectivity index (χ3v) is 5.02. The molecular formula is C16H22ClIN2O. The number of nitrogens with zero attached hydrogens (tertiary/aromatic N) is 2. The molecule has 0 spiro atoms. The van der Waals surface area contributed by atoms with Gasteiger partial charge in [-0.25, -0.2) is 0 Å². The van der Waals surface area contributed by atoms with Crippen LogP contribution in [0.3, 0.4) is 0 Å². The predicted molar refractivity (Wildman–Crippen MR) is 96.0 cm³/mol. The standard InChI is InChI=1S/C16H22ClIN2O/c1-12(2)5-6-19-7-9-20(10-8-19)16(21)14-11-13(17)3-4-15(14)18/h3-4,11-12H,5-10H2,1-2H3. The smallest absolute Gasteiger partial charge is 0.255 e. The zero-order valence-electron chi connectivity index (χ0n) is 12.6. The zero-order chi connectivity index (χ0) is 15.4. The van der Waals surface area contributed by atoms with Crippen molar-refractivity contribution in [2.24, 2.45) is 5.92 Å². The second-order valence-corrected chi connectivity index (χ2v) is 7.54. The Morgan fingerprint density at radius 1 is 1.29 bits per heavy atom. The highest BCUT2D eigenvalue weighted by Gasteiger charge is 2.23. The lowest BCUT2D eigenvalue weighted by Gasteiger charge is -2.35. The first-order valence-corrected chi connectivity index (χ1v) is 8.89. The zero-order valence-corrected chi connectivity index (χ0v) is 15.5. The van der Waals surface area contributed by atoms with Gasteiger partial charge in [-0.1, -0.05) is 25.4 Å². The highest BCUT2D eigenvalue weighted by Crippen LogP contribution is 2.20. The summed E-state index contributed by atoms with van der Waals surface area (Å²) in [5.74, 6) is 0.836. The van der Waals surface area contributed by atoms with E-state index in [0.717, 1.165) is 47.8 Å². The Morgan fingerprint density at radius 3 is 2.57 bits per heavy atom. The van der Waals surface area contributed by atoms with Gasteiger partial charge in [-0.15, -0.1) is 0 Å². The highest BCUT2D eigenvalue weighted by atomic mass is 127. The van der Waals surface area contributed by atoms with Crippen LogP contribution in [-0.4, -0.2) is 48.4 Å². The van der Waals surface area contributed by atoms with Gasteiger partial charge in [-0.3, -0.25) is 9.69 Å². The fraction of sp³-hybridized carbons (Fsp3) is 0.562. The molecule has 1 aliphatic rings. The molecule has 1 aromatic carbocycles. The Hall–Kier alpha value is -0.330. The van der Waals surface area contributed by atoms with Crippen molar-refractivity contribution in [1.29, 1.82) is 0 Å². The molecule has 0 bridgehead atoms. The summed E-state index contributed by atoms with van der Waals surface area (Å²) in [5.41, 5.74) is 0.721. The Morgan fingerprint density at radius 2 is 1.95 bits per heavy atom. The fourth-order valence-corrected chi connectivity index (χ4v) is 3.19. The van der Waals surface area contributed by atoms with Crippen LogP contribution in [0.5, 0.6) is 0 Å². The molecule has 1 fully saturated rings. The minimum absolute atomic E-state index is 0.102. The van der Waals surface area contributed by atoms with Gasteiger partial charge in [0.15, 0.2) is 0 Å². The van der Waals surface area contributed by atoms with Crippen molar-refractivity contribution in [3.8, 4) is 0 Å². The van der Waals surface area contributed by atoms with Crippen molar-refractivity contribution in [3.05, 3.63) is 32.4 Å². The van der Waals surface area contributed by atoms with E-state index < -0.39 is 0 Å². The van der Waals surface area contributed by atoms with E-state index in [-0.39, 0.29) is 5.91 Å². The van der Waals surface area contributed by atoms with E-state index in [0.29, 0.717) is 5.02 Å². The summed E-state index contributed by atoms with van der Waals surface area (Å²) in [6.07, 6.45) is 1.22. The first-order valence-electron chi connectivity index (χ1n) is 7.44. The SMILES string of the molecule is CC(C)CCN1CCN(C(=O)c2cc(Cl)ccc2I)CC1. The third kappa shape index (κ3) is 4.83. The van der Waals surface area contributed by atoms with E-state index in [4.69, 9.17) is 11.6 Å². The van der Waals surface area contributed by atoms with E-state index in [2.05, 4.69) is 41.3 Å². The van der Waals surface area contributed by atoms with Crippen molar-refractivity contribution in [2.45, 2.75) is 20.3 Å². The lowest BCUT2D eigenvalue weighted by atomic mass is 10.1. The van der Waals surface area contributed by atoms with E-state index in [1.807, 2.05) is 17.0 Å². The topological polar surface area (TPSA) is 23.6 Å². The Balaban J connectivity index is 1.92. The van der Waals surface area contributed by atoms with Crippen molar-refractivity contribution in [2.75, 3.05) is 32.7 Å². The molecule has 0 atom stereocenters. The van der Waals surface area contributed by atoms with Gasteiger partial charge in [0.2, 0.25) is 0 Å². The van der Waals surface area contributed by atoms with Crippen molar-refractivity contribution >= 4 is 40.1 Å². The monoisotopic (exact) mass is 420 g/mol. The average Bonchev–Trinajstić information content (AvgIpc) is 2.47. The summed E-state index contributed by atoms with van der Waals surface area (Å²) >= 11 is 8.21. The van der Waals surface area contributed by atoms with Gasteiger partial charge in [-0.2, -0.15) is 0 Å². The minimum Gasteiger partial charge on any atom is -0.336 e. The first-order chi connectivity index (χ1) is 9.97. The van der Waals surface area contributed by atoms with Crippen molar-refractivity contribution in [3.63, 3.8) is 0 Å². The molecule has 1 aromatic rings. The van der Waals surface area contributed by atoms with Gasteiger partial charge >= 0.3 is 0 Å². The predicted octanol–water partition coefficient (Wildman–Crippen LogP) is 3.75. The molecule has 0 aliphatic carbocycles. The van der Waals surface area contributed by atoms with Gasteiger partial charge in [0.1, 0.15) is 0 Å². The molecule has 3 nitrogen and oxygen atoms in total. The van der Waals surface area contributed by atoms with Gasteiger partial charge in [-0.05, 0) is 59.7 Å². The minimum atomic E-state index is 0.102. The lowest BCUT2D eigenvalue weighted by Crippen LogP contribution is -2.49. The molecule has 0 radical (unpaired) electrons. The van der Waals surface area contributed by atoms with Gasteiger partial charge in [0, 0.05) is 34.8 Å². The van der Waals surface area contributed by atoms with Gasteiger partial charge in [0.05, 0.1) is 5.56 Å². The molecule has 21 heavy (non-hydrogen) atoms. The normalized spacial score (nSPS) is 16.5. The van der Waals surface area contributed by atoms with Crippen LogP contribution in [0.15, 0.2) is 18.2 Å². The van der Waals surface area contributed by atoms with Crippen LogP contribution in [-0.2, 0) is 0 Å². The quantitative estimate of drug-likeness (QED) is 0.693. The number of hydrogen-bond acceptors (Lipinski definition) is 2. The maximum absolute atomic E-state index is 12.6. The number of carbonyl (C=O) groups is 1. The Kier molecular flexibility index (Phi) is 6.32. The largest absolute Gasteiger partial charge is 0.336 e. The summed E-state index contributed by atoms with van der Waals surface area (Å²) in [7, 11) is 0.